The lowest BCUT2D eigenvalue weighted by Crippen LogP contribution is -2.34. The number of carbonyl (C=O) groups excluding carboxylic acids is 1. The fraction of sp³-hybridized carbons (Fsp3) is 0.533. The number of hydrogen-bond acceptors (Lipinski definition) is 3. The van der Waals surface area contributed by atoms with Crippen LogP contribution in [-0.2, 0) is 0 Å². The molecule has 0 aromatic heterocycles. The molecule has 1 aromatic carbocycles. The van der Waals surface area contributed by atoms with Gasteiger partial charge in [-0.1, -0.05) is 0 Å². The summed E-state index contributed by atoms with van der Waals surface area (Å²) in [4.78, 5) is 16.0. The van der Waals surface area contributed by atoms with Gasteiger partial charge in [0, 0.05) is 31.2 Å². The van der Waals surface area contributed by atoms with Gasteiger partial charge in [0.25, 0.3) is 5.91 Å². The van der Waals surface area contributed by atoms with E-state index in [1.807, 2.05) is 14.1 Å². The molecule has 2 rings (SSSR count). The zero-order chi connectivity index (χ0) is 15.6. The number of amides is 1. The van der Waals surface area contributed by atoms with Crippen molar-refractivity contribution in [3.8, 4) is 0 Å². The first kappa shape index (κ1) is 15.7. The Labute approximate surface area is 123 Å². The largest absolute Gasteiger partial charge is 0.381 e. The van der Waals surface area contributed by atoms with E-state index in [1.54, 1.807) is 11.8 Å². The lowest BCUT2D eigenvalue weighted by molar-refractivity contribution is 0.0782. The Hall–Kier alpha value is -1.69. The van der Waals surface area contributed by atoms with Gasteiger partial charge in [-0.2, -0.15) is 0 Å². The first-order chi connectivity index (χ1) is 9.93. The fourth-order valence-corrected chi connectivity index (χ4v) is 2.57. The van der Waals surface area contributed by atoms with Crippen LogP contribution in [0.25, 0.3) is 0 Å². The highest BCUT2D eigenvalue weighted by Gasteiger charge is 2.28. The second-order valence-corrected chi connectivity index (χ2v) is 5.50. The van der Waals surface area contributed by atoms with Gasteiger partial charge < -0.3 is 15.1 Å². The molecule has 1 aliphatic heterocycles. The summed E-state index contributed by atoms with van der Waals surface area (Å²) in [7, 11) is 3.92. The summed E-state index contributed by atoms with van der Waals surface area (Å²) in [5.41, 5.74) is -0.118. The van der Waals surface area contributed by atoms with Crippen LogP contribution in [0.3, 0.4) is 0 Å². The molecule has 1 amide bonds. The molecule has 1 atom stereocenters. The third kappa shape index (κ3) is 3.32. The summed E-state index contributed by atoms with van der Waals surface area (Å²) >= 11 is 0. The molecule has 1 aliphatic rings. The predicted octanol–water partition coefficient (Wildman–Crippen LogP) is 2.17. The quantitative estimate of drug-likeness (QED) is 0.925. The average Bonchev–Trinajstić information content (AvgIpc) is 2.91. The third-order valence-corrected chi connectivity index (χ3v) is 3.82. The first-order valence-corrected chi connectivity index (χ1v) is 7.12. The Kier molecular flexibility index (Phi) is 4.77. The summed E-state index contributed by atoms with van der Waals surface area (Å²) in [5.74, 6) is -1.78. The van der Waals surface area contributed by atoms with E-state index in [4.69, 9.17) is 0 Å². The van der Waals surface area contributed by atoms with Gasteiger partial charge in [-0.3, -0.25) is 4.79 Å². The van der Waals surface area contributed by atoms with Gasteiger partial charge in [0.05, 0.1) is 0 Å². The maximum Gasteiger partial charge on any atom is 0.254 e. The molecule has 1 N–H and O–H groups in total. The highest BCUT2D eigenvalue weighted by molar-refractivity contribution is 5.95. The number of nitrogens with zero attached hydrogens (tertiary/aromatic N) is 2. The van der Waals surface area contributed by atoms with Crippen molar-refractivity contribution in [1.29, 1.82) is 0 Å². The van der Waals surface area contributed by atoms with Gasteiger partial charge in [0.1, 0.15) is 17.3 Å². The summed E-state index contributed by atoms with van der Waals surface area (Å²) in [6.45, 7) is 3.37. The standard InChI is InChI=1S/C15H21F2N3O/c1-4-18-14-12(16)7-10(8-13(14)17)15(21)20-6-5-11(9-20)19(2)3/h7-8,11,18H,4-6,9H2,1-3H3. The van der Waals surface area contributed by atoms with Crippen LogP contribution in [0.4, 0.5) is 14.5 Å². The molecule has 0 radical (unpaired) electrons. The average molecular weight is 297 g/mol. The van der Waals surface area contributed by atoms with Crippen LogP contribution in [0.2, 0.25) is 0 Å². The number of anilines is 1. The van der Waals surface area contributed by atoms with Crippen molar-refractivity contribution in [1.82, 2.24) is 9.80 Å². The second-order valence-electron chi connectivity index (χ2n) is 5.50. The molecule has 0 spiro atoms. The molecule has 1 unspecified atom stereocenters. The van der Waals surface area contributed by atoms with Gasteiger partial charge in [0.15, 0.2) is 0 Å². The van der Waals surface area contributed by atoms with Crippen molar-refractivity contribution in [2.45, 2.75) is 19.4 Å². The molecule has 6 heteroatoms. The molecule has 21 heavy (non-hydrogen) atoms. The molecular weight excluding hydrogens is 276 g/mol. The summed E-state index contributed by atoms with van der Waals surface area (Å²) in [6, 6.07) is 2.50. The molecule has 0 aliphatic carbocycles. The highest BCUT2D eigenvalue weighted by Crippen LogP contribution is 2.23. The minimum atomic E-state index is -0.733. The van der Waals surface area contributed by atoms with Crippen molar-refractivity contribution >= 4 is 11.6 Å². The van der Waals surface area contributed by atoms with Crippen LogP contribution in [-0.4, -0.2) is 55.5 Å². The van der Waals surface area contributed by atoms with Gasteiger partial charge in [0.2, 0.25) is 0 Å². The number of benzene rings is 1. The van der Waals surface area contributed by atoms with Crippen LogP contribution in [0.15, 0.2) is 12.1 Å². The van der Waals surface area contributed by atoms with E-state index in [9.17, 15) is 13.6 Å². The normalized spacial score (nSPS) is 18.4. The smallest absolute Gasteiger partial charge is 0.254 e. The Morgan fingerprint density at radius 1 is 1.38 bits per heavy atom. The fourth-order valence-electron chi connectivity index (χ4n) is 2.57. The number of carbonyl (C=O) groups is 1. The maximum absolute atomic E-state index is 13.9. The van der Waals surface area contributed by atoms with Crippen LogP contribution in [0.1, 0.15) is 23.7 Å². The lowest BCUT2D eigenvalue weighted by Gasteiger charge is -2.20. The van der Waals surface area contributed by atoms with Crippen molar-refractivity contribution in [2.75, 3.05) is 39.0 Å². The van der Waals surface area contributed by atoms with E-state index in [-0.39, 0.29) is 17.2 Å². The van der Waals surface area contributed by atoms with Crippen LogP contribution in [0.5, 0.6) is 0 Å². The Morgan fingerprint density at radius 3 is 2.48 bits per heavy atom. The second kappa shape index (κ2) is 6.39. The SMILES string of the molecule is CCNc1c(F)cc(C(=O)N2CCC(N(C)C)C2)cc1F. The molecule has 1 fully saturated rings. The molecule has 0 saturated carbocycles. The lowest BCUT2D eigenvalue weighted by atomic mass is 10.1. The Morgan fingerprint density at radius 2 is 2.00 bits per heavy atom. The minimum absolute atomic E-state index is 0.0612. The van der Waals surface area contributed by atoms with Crippen molar-refractivity contribution in [2.24, 2.45) is 0 Å². The van der Waals surface area contributed by atoms with Crippen molar-refractivity contribution in [3.63, 3.8) is 0 Å². The summed E-state index contributed by atoms with van der Waals surface area (Å²) in [5, 5.41) is 2.62. The number of rotatable bonds is 4. The summed E-state index contributed by atoms with van der Waals surface area (Å²) in [6.07, 6.45) is 0.874. The molecule has 1 saturated heterocycles. The van der Waals surface area contributed by atoms with E-state index in [0.29, 0.717) is 25.7 Å². The Balaban J connectivity index is 2.17. The minimum Gasteiger partial charge on any atom is -0.381 e. The van der Waals surface area contributed by atoms with E-state index in [0.717, 1.165) is 18.6 Å². The molecule has 0 bridgehead atoms. The zero-order valence-electron chi connectivity index (χ0n) is 12.6. The van der Waals surface area contributed by atoms with Crippen LogP contribution in [0, 0.1) is 11.6 Å². The molecular formula is C15H21F2N3O. The Bertz CT molecular complexity index is 511. The molecule has 116 valence electrons. The number of likely N-dealkylation sites (tertiary alicyclic amines) is 1. The highest BCUT2D eigenvalue weighted by atomic mass is 19.1. The predicted molar refractivity (Wildman–Crippen MR) is 78.5 cm³/mol. The van der Waals surface area contributed by atoms with Gasteiger partial charge in [-0.05, 0) is 39.6 Å². The van der Waals surface area contributed by atoms with E-state index < -0.39 is 11.6 Å². The first-order valence-electron chi connectivity index (χ1n) is 7.12. The number of nitrogens with one attached hydrogen (secondary N) is 1. The monoisotopic (exact) mass is 297 g/mol. The number of halogens is 2. The van der Waals surface area contributed by atoms with Crippen LogP contribution >= 0.6 is 0 Å². The zero-order valence-corrected chi connectivity index (χ0v) is 12.6. The van der Waals surface area contributed by atoms with Crippen molar-refractivity contribution < 1.29 is 13.6 Å². The van der Waals surface area contributed by atoms with Crippen molar-refractivity contribution in [3.05, 3.63) is 29.3 Å². The van der Waals surface area contributed by atoms with E-state index >= 15 is 0 Å². The summed E-state index contributed by atoms with van der Waals surface area (Å²) < 4.78 is 27.7. The molecule has 4 nitrogen and oxygen atoms in total. The van der Waals surface area contributed by atoms with E-state index in [2.05, 4.69) is 10.2 Å². The molecule has 1 aromatic rings. The van der Waals surface area contributed by atoms with Gasteiger partial charge in [-0.15, -0.1) is 0 Å². The van der Waals surface area contributed by atoms with Gasteiger partial charge in [-0.25, -0.2) is 8.78 Å². The van der Waals surface area contributed by atoms with E-state index in [1.165, 1.54) is 0 Å². The molecule has 1 heterocycles. The number of hydrogen-bond donors (Lipinski definition) is 1. The van der Waals surface area contributed by atoms with Gasteiger partial charge >= 0.3 is 0 Å². The maximum atomic E-state index is 13.9. The van der Waals surface area contributed by atoms with Crippen LogP contribution < -0.4 is 5.32 Å². The topological polar surface area (TPSA) is 35.6 Å². The third-order valence-electron chi connectivity index (χ3n) is 3.82. The number of likely N-dealkylation sites (N-methyl/N-ethyl adjacent to an activating group) is 1.